The first-order valence-electron chi connectivity index (χ1n) is 6.44. The smallest absolute Gasteiger partial charge is 0.292 e. The number of hydrogen-bond acceptors (Lipinski definition) is 5. The molecule has 0 fully saturated rings. The number of benzene rings is 2. The van der Waals surface area contributed by atoms with Gasteiger partial charge in [0.05, 0.1) is 22.8 Å². The number of nitriles is 1. The lowest BCUT2D eigenvalue weighted by Crippen LogP contribution is -2.24. The highest BCUT2D eigenvalue weighted by molar-refractivity contribution is 7.80. The molecule has 0 amide bonds. The molecule has 0 radical (unpaired) electrons. The number of nitro groups is 1. The zero-order valence-corrected chi connectivity index (χ0v) is 12.6. The van der Waals surface area contributed by atoms with Crippen LogP contribution in [0.4, 0.5) is 11.4 Å². The van der Waals surface area contributed by atoms with E-state index < -0.39 is 4.92 Å². The van der Waals surface area contributed by atoms with Crippen LogP contribution in [0.1, 0.15) is 11.1 Å². The van der Waals surface area contributed by atoms with Crippen LogP contribution in [0.2, 0.25) is 0 Å². The summed E-state index contributed by atoms with van der Waals surface area (Å²) >= 11 is 5.04. The van der Waals surface area contributed by atoms with Crippen molar-refractivity contribution < 1.29 is 4.92 Å². The normalized spacial score (nSPS) is 10.0. The fourth-order valence-corrected chi connectivity index (χ4v) is 1.86. The summed E-state index contributed by atoms with van der Waals surface area (Å²) in [5, 5.41) is 26.4. The number of anilines is 1. The molecule has 0 saturated carbocycles. The molecule has 0 aliphatic heterocycles. The first-order chi connectivity index (χ1) is 11.1. The molecule has 0 unspecified atom stereocenters. The Labute approximate surface area is 137 Å². The van der Waals surface area contributed by atoms with Crippen LogP contribution in [-0.4, -0.2) is 16.3 Å². The average molecular weight is 325 g/mol. The largest absolute Gasteiger partial charge is 0.326 e. The van der Waals surface area contributed by atoms with Crippen LogP contribution in [0, 0.1) is 21.4 Å². The van der Waals surface area contributed by atoms with E-state index in [0.717, 1.165) is 5.56 Å². The highest BCUT2D eigenvalue weighted by Gasteiger charge is 2.12. The Hall–Kier alpha value is -3.31. The molecule has 23 heavy (non-hydrogen) atoms. The number of thiocarbonyl (C=S) groups is 1. The lowest BCUT2D eigenvalue weighted by molar-refractivity contribution is -0.383. The van der Waals surface area contributed by atoms with Crippen LogP contribution < -0.4 is 10.7 Å². The van der Waals surface area contributed by atoms with Crippen LogP contribution in [-0.2, 0) is 0 Å². The van der Waals surface area contributed by atoms with Gasteiger partial charge in [-0.3, -0.25) is 15.5 Å². The number of hydrogen-bond donors (Lipinski definition) is 2. The maximum atomic E-state index is 10.9. The molecule has 0 atom stereocenters. The molecule has 8 heteroatoms. The molecule has 0 aromatic heterocycles. The van der Waals surface area contributed by atoms with Crippen molar-refractivity contribution in [2.45, 2.75) is 0 Å². The van der Waals surface area contributed by atoms with Crippen molar-refractivity contribution >= 4 is 34.9 Å². The predicted molar refractivity (Wildman–Crippen MR) is 91.2 cm³/mol. The van der Waals surface area contributed by atoms with Gasteiger partial charge >= 0.3 is 0 Å². The minimum absolute atomic E-state index is 0.0762. The van der Waals surface area contributed by atoms with Gasteiger partial charge in [-0.25, -0.2) is 0 Å². The summed E-state index contributed by atoms with van der Waals surface area (Å²) < 4.78 is 0. The topological polar surface area (TPSA) is 103 Å². The van der Waals surface area contributed by atoms with E-state index in [-0.39, 0.29) is 16.5 Å². The molecular formula is C15H11N5O2S. The van der Waals surface area contributed by atoms with Gasteiger partial charge in [-0.1, -0.05) is 24.3 Å². The molecule has 2 rings (SSSR count). The molecule has 0 spiro atoms. The molecule has 0 saturated heterocycles. The summed E-state index contributed by atoms with van der Waals surface area (Å²) in [5.74, 6) is 0. The Morgan fingerprint density at radius 1 is 1.26 bits per heavy atom. The van der Waals surface area contributed by atoms with Gasteiger partial charge in [-0.05, 0) is 36.0 Å². The summed E-state index contributed by atoms with van der Waals surface area (Å²) in [6.45, 7) is 0. The number of hydrazone groups is 1. The zero-order valence-electron chi connectivity index (χ0n) is 11.8. The van der Waals surface area contributed by atoms with Gasteiger partial charge in [-0.2, -0.15) is 10.4 Å². The van der Waals surface area contributed by atoms with Crippen LogP contribution in [0.15, 0.2) is 53.6 Å². The van der Waals surface area contributed by atoms with Gasteiger partial charge in [-0.15, -0.1) is 0 Å². The van der Waals surface area contributed by atoms with Crippen molar-refractivity contribution in [3.05, 3.63) is 69.8 Å². The van der Waals surface area contributed by atoms with Crippen LogP contribution in [0.5, 0.6) is 0 Å². The zero-order chi connectivity index (χ0) is 16.7. The number of para-hydroxylation sites is 2. The van der Waals surface area contributed by atoms with Gasteiger partial charge in [0.15, 0.2) is 5.11 Å². The summed E-state index contributed by atoms with van der Waals surface area (Å²) in [7, 11) is 0. The monoisotopic (exact) mass is 325 g/mol. The fraction of sp³-hybridized carbons (Fsp3) is 0. The molecule has 0 aliphatic rings. The van der Waals surface area contributed by atoms with E-state index in [1.807, 2.05) is 6.07 Å². The molecule has 114 valence electrons. The second-order valence-electron chi connectivity index (χ2n) is 4.33. The summed E-state index contributed by atoms with van der Waals surface area (Å²) in [6.07, 6.45) is 1.52. The molecule has 0 bridgehead atoms. The van der Waals surface area contributed by atoms with E-state index in [2.05, 4.69) is 15.8 Å². The van der Waals surface area contributed by atoms with Crippen molar-refractivity contribution in [2.75, 3.05) is 5.32 Å². The van der Waals surface area contributed by atoms with Crippen molar-refractivity contribution in [3.63, 3.8) is 0 Å². The minimum Gasteiger partial charge on any atom is -0.326 e. The van der Waals surface area contributed by atoms with Crippen molar-refractivity contribution in [1.29, 1.82) is 5.26 Å². The Kier molecular flexibility index (Phi) is 5.33. The first kappa shape index (κ1) is 16.1. The Balaban J connectivity index is 1.96. The maximum absolute atomic E-state index is 10.9. The van der Waals surface area contributed by atoms with E-state index in [1.54, 1.807) is 42.5 Å². The quantitative estimate of drug-likeness (QED) is 0.388. The average Bonchev–Trinajstić information content (AvgIpc) is 2.56. The Morgan fingerprint density at radius 2 is 1.96 bits per heavy atom. The van der Waals surface area contributed by atoms with Crippen LogP contribution >= 0.6 is 12.2 Å². The third kappa shape index (κ3) is 4.59. The van der Waals surface area contributed by atoms with E-state index >= 15 is 0 Å². The Morgan fingerprint density at radius 3 is 2.61 bits per heavy atom. The van der Waals surface area contributed by atoms with Gasteiger partial charge in [0.1, 0.15) is 5.69 Å². The van der Waals surface area contributed by atoms with Gasteiger partial charge in [0.25, 0.3) is 5.69 Å². The number of rotatable bonds is 4. The van der Waals surface area contributed by atoms with E-state index in [1.165, 1.54) is 12.3 Å². The molecule has 2 N–H and O–H groups in total. The fourth-order valence-electron chi connectivity index (χ4n) is 1.70. The number of nitrogens with one attached hydrogen (secondary N) is 2. The summed E-state index contributed by atoms with van der Waals surface area (Å²) in [4.78, 5) is 10.4. The molecule has 0 aliphatic carbocycles. The van der Waals surface area contributed by atoms with Gasteiger partial charge < -0.3 is 5.32 Å². The maximum Gasteiger partial charge on any atom is 0.292 e. The lowest BCUT2D eigenvalue weighted by Gasteiger charge is -2.07. The first-order valence-corrected chi connectivity index (χ1v) is 6.84. The van der Waals surface area contributed by atoms with E-state index in [4.69, 9.17) is 17.5 Å². The molecule has 2 aromatic rings. The summed E-state index contributed by atoms with van der Waals surface area (Å²) in [5.41, 5.74) is 4.12. The molecule has 0 heterocycles. The highest BCUT2D eigenvalue weighted by Crippen LogP contribution is 2.22. The SMILES string of the molecule is N#Cc1ccc(/C=N\NC(=S)Nc2ccccc2[N+](=O)[O-])cc1. The van der Waals surface area contributed by atoms with Crippen molar-refractivity contribution in [2.24, 2.45) is 5.10 Å². The van der Waals surface area contributed by atoms with Crippen LogP contribution in [0.3, 0.4) is 0 Å². The van der Waals surface area contributed by atoms with Gasteiger partial charge in [0.2, 0.25) is 0 Å². The third-order valence-electron chi connectivity index (χ3n) is 2.77. The van der Waals surface area contributed by atoms with Gasteiger partial charge in [0, 0.05) is 6.07 Å². The predicted octanol–water partition coefficient (Wildman–Crippen LogP) is 2.79. The molecule has 7 nitrogen and oxygen atoms in total. The number of nitro benzene ring substituents is 1. The second-order valence-corrected chi connectivity index (χ2v) is 4.74. The summed E-state index contributed by atoms with van der Waals surface area (Å²) in [6, 6.07) is 15.0. The highest BCUT2D eigenvalue weighted by atomic mass is 32.1. The standard InChI is InChI=1S/C15H11N5O2S/c16-9-11-5-7-12(8-6-11)10-17-19-15(23)18-13-3-1-2-4-14(13)20(21)22/h1-8,10H,(H2,18,19,23)/b17-10-. The molecule has 2 aromatic carbocycles. The minimum atomic E-state index is -0.495. The van der Waals surface area contributed by atoms with Crippen LogP contribution in [0.25, 0.3) is 0 Å². The number of nitrogens with zero attached hydrogens (tertiary/aromatic N) is 3. The van der Waals surface area contributed by atoms with Crippen molar-refractivity contribution in [1.82, 2.24) is 5.43 Å². The lowest BCUT2D eigenvalue weighted by atomic mass is 10.2. The Bertz CT molecular complexity index is 796. The second kappa shape index (κ2) is 7.63. The van der Waals surface area contributed by atoms with E-state index in [9.17, 15) is 10.1 Å². The van der Waals surface area contributed by atoms with Crippen molar-refractivity contribution in [3.8, 4) is 6.07 Å². The van der Waals surface area contributed by atoms with E-state index in [0.29, 0.717) is 5.56 Å². The third-order valence-corrected chi connectivity index (χ3v) is 2.96. The molecular weight excluding hydrogens is 314 g/mol.